The Hall–Kier alpha value is -4.60. The summed E-state index contributed by atoms with van der Waals surface area (Å²) in [5.74, 6) is 0.561. The molecule has 4 heterocycles. The molecule has 0 unspecified atom stereocenters. The number of nitrogens with one attached hydrogen (secondary N) is 2. The molecule has 1 atom stereocenters. The summed E-state index contributed by atoms with van der Waals surface area (Å²) < 4.78 is 5.50. The second-order valence-electron chi connectivity index (χ2n) is 8.19. The number of pyridine rings is 1. The molecule has 1 saturated heterocycles. The molecule has 0 saturated carbocycles. The molecule has 10 heteroatoms. The predicted molar refractivity (Wildman–Crippen MR) is 128 cm³/mol. The molecule has 0 radical (unpaired) electrons. The minimum absolute atomic E-state index is 0.00233. The van der Waals surface area contributed by atoms with Crippen molar-refractivity contribution in [1.29, 1.82) is 0 Å². The summed E-state index contributed by atoms with van der Waals surface area (Å²) in [5.41, 5.74) is 3.03. The zero-order valence-electron chi connectivity index (χ0n) is 18.8. The van der Waals surface area contributed by atoms with Gasteiger partial charge in [0.05, 0.1) is 17.3 Å². The van der Waals surface area contributed by atoms with Crippen LogP contribution in [0.1, 0.15) is 35.1 Å². The third-order valence-corrected chi connectivity index (χ3v) is 5.86. The van der Waals surface area contributed by atoms with Gasteiger partial charge in [0, 0.05) is 30.5 Å². The quantitative estimate of drug-likeness (QED) is 0.412. The summed E-state index contributed by atoms with van der Waals surface area (Å²) in [6.45, 7) is 4.80. The van der Waals surface area contributed by atoms with Crippen LogP contribution < -0.4 is 5.32 Å². The number of likely N-dealkylation sites (tertiary alicyclic amines) is 1. The molecule has 1 aliphatic heterocycles. The fourth-order valence-corrected chi connectivity index (χ4v) is 4.03. The molecule has 1 aliphatic rings. The van der Waals surface area contributed by atoms with Crippen molar-refractivity contribution in [1.82, 2.24) is 30.2 Å². The number of benzene rings is 1. The fraction of sp³-hybridized carbons (Fsp3) is 0.200. The van der Waals surface area contributed by atoms with Crippen molar-refractivity contribution in [3.63, 3.8) is 0 Å². The molecule has 0 spiro atoms. The number of aromatic nitrogens is 5. The lowest BCUT2D eigenvalue weighted by Crippen LogP contribution is -2.38. The first kappa shape index (κ1) is 22.2. The number of anilines is 1. The molecule has 0 bridgehead atoms. The van der Waals surface area contributed by atoms with Crippen LogP contribution in [0.2, 0.25) is 0 Å². The van der Waals surface area contributed by atoms with E-state index in [0.717, 1.165) is 24.1 Å². The standard InChI is InChI=1S/C25H23N7O3/c1-2-22(33)32-14-4-5-17(15-32)25-29-23(31-35-25)16-8-10-18(11-9-16)27-24(34)21-7-3-6-19(28-21)20-12-13-26-30-20/h2-3,6-13,17H,1,4-5,14-15H2,(H,26,30)(H,27,34)/t17-/m0/s1. The second-order valence-corrected chi connectivity index (χ2v) is 8.19. The number of aromatic amines is 1. The lowest BCUT2D eigenvalue weighted by molar-refractivity contribution is -0.127. The number of hydrogen-bond donors (Lipinski definition) is 2. The Bertz CT molecular complexity index is 1350. The van der Waals surface area contributed by atoms with Crippen LogP contribution in [0.5, 0.6) is 0 Å². The number of carbonyl (C=O) groups is 2. The minimum Gasteiger partial charge on any atom is -0.339 e. The zero-order valence-corrected chi connectivity index (χ0v) is 18.8. The van der Waals surface area contributed by atoms with Crippen LogP contribution in [0.4, 0.5) is 5.69 Å². The van der Waals surface area contributed by atoms with Gasteiger partial charge in [-0.2, -0.15) is 10.1 Å². The van der Waals surface area contributed by atoms with E-state index < -0.39 is 0 Å². The van der Waals surface area contributed by atoms with Crippen LogP contribution >= 0.6 is 0 Å². The highest BCUT2D eigenvalue weighted by Gasteiger charge is 2.27. The number of carbonyl (C=O) groups excluding carboxylic acids is 2. The lowest BCUT2D eigenvalue weighted by atomic mass is 9.98. The molecule has 1 aromatic carbocycles. The summed E-state index contributed by atoms with van der Waals surface area (Å²) >= 11 is 0. The van der Waals surface area contributed by atoms with Gasteiger partial charge in [-0.1, -0.05) is 17.8 Å². The Morgan fingerprint density at radius 2 is 2.00 bits per heavy atom. The van der Waals surface area contributed by atoms with Crippen molar-refractivity contribution in [3.8, 4) is 22.8 Å². The van der Waals surface area contributed by atoms with Crippen LogP contribution in [-0.2, 0) is 4.79 Å². The highest BCUT2D eigenvalue weighted by atomic mass is 16.5. The topological polar surface area (TPSA) is 130 Å². The summed E-state index contributed by atoms with van der Waals surface area (Å²) in [6.07, 6.45) is 4.71. The molecule has 35 heavy (non-hydrogen) atoms. The monoisotopic (exact) mass is 469 g/mol. The number of hydrogen-bond acceptors (Lipinski definition) is 7. The highest BCUT2D eigenvalue weighted by Crippen LogP contribution is 2.28. The maximum absolute atomic E-state index is 12.7. The molecule has 4 aromatic rings. The third kappa shape index (κ3) is 4.86. The average Bonchev–Trinajstić information content (AvgIpc) is 3.62. The summed E-state index contributed by atoms with van der Waals surface area (Å²) in [7, 11) is 0. The fourth-order valence-electron chi connectivity index (χ4n) is 4.03. The molecular formula is C25H23N7O3. The molecule has 2 amide bonds. The van der Waals surface area contributed by atoms with Gasteiger partial charge in [0.2, 0.25) is 17.6 Å². The Kier molecular flexibility index (Phi) is 6.16. The number of H-pyrrole nitrogens is 1. The van der Waals surface area contributed by atoms with Gasteiger partial charge in [-0.15, -0.1) is 0 Å². The van der Waals surface area contributed by atoms with Crippen LogP contribution in [0.3, 0.4) is 0 Å². The van der Waals surface area contributed by atoms with Crippen molar-refractivity contribution in [2.45, 2.75) is 18.8 Å². The SMILES string of the molecule is C=CC(=O)N1CCC[C@H](c2nc(-c3ccc(NC(=O)c4cccc(-c5ccn[nH]5)n4)cc3)no2)C1. The summed E-state index contributed by atoms with van der Waals surface area (Å²) in [5, 5.41) is 13.7. The lowest BCUT2D eigenvalue weighted by Gasteiger charge is -2.30. The van der Waals surface area contributed by atoms with E-state index in [1.807, 2.05) is 12.1 Å². The number of piperidine rings is 1. The normalized spacial score (nSPS) is 15.5. The van der Waals surface area contributed by atoms with E-state index >= 15 is 0 Å². The molecule has 0 aliphatic carbocycles. The van der Waals surface area contributed by atoms with Gasteiger partial charge < -0.3 is 14.7 Å². The smallest absolute Gasteiger partial charge is 0.274 e. The molecule has 2 N–H and O–H groups in total. The Balaban J connectivity index is 1.25. The van der Waals surface area contributed by atoms with Crippen molar-refractivity contribution in [2.24, 2.45) is 0 Å². The molecule has 10 nitrogen and oxygen atoms in total. The van der Waals surface area contributed by atoms with Gasteiger partial charge in [-0.3, -0.25) is 14.7 Å². The maximum Gasteiger partial charge on any atom is 0.274 e. The average molecular weight is 470 g/mol. The van der Waals surface area contributed by atoms with Crippen LogP contribution in [0.15, 0.2) is 71.9 Å². The zero-order chi connectivity index (χ0) is 24.2. The van der Waals surface area contributed by atoms with Crippen LogP contribution in [0, 0.1) is 0 Å². The van der Waals surface area contributed by atoms with Gasteiger partial charge in [0.25, 0.3) is 5.91 Å². The van der Waals surface area contributed by atoms with E-state index in [2.05, 4.69) is 37.2 Å². The first-order valence-electron chi connectivity index (χ1n) is 11.2. The minimum atomic E-state index is -0.322. The van der Waals surface area contributed by atoms with E-state index in [-0.39, 0.29) is 17.7 Å². The Morgan fingerprint density at radius 3 is 2.77 bits per heavy atom. The van der Waals surface area contributed by atoms with E-state index in [4.69, 9.17) is 4.52 Å². The van der Waals surface area contributed by atoms with Gasteiger partial charge in [-0.25, -0.2) is 4.98 Å². The Labute approximate surface area is 201 Å². The van der Waals surface area contributed by atoms with Gasteiger partial charge in [0.1, 0.15) is 5.69 Å². The van der Waals surface area contributed by atoms with Gasteiger partial charge >= 0.3 is 0 Å². The number of amides is 2. The van der Waals surface area contributed by atoms with E-state index in [9.17, 15) is 9.59 Å². The first-order valence-corrected chi connectivity index (χ1v) is 11.2. The highest BCUT2D eigenvalue weighted by molar-refractivity contribution is 6.03. The first-order chi connectivity index (χ1) is 17.1. The molecule has 3 aromatic heterocycles. The van der Waals surface area contributed by atoms with E-state index in [1.165, 1.54) is 6.08 Å². The Morgan fingerprint density at radius 1 is 1.14 bits per heavy atom. The maximum atomic E-state index is 12.7. The third-order valence-electron chi connectivity index (χ3n) is 5.86. The van der Waals surface area contributed by atoms with Crippen molar-refractivity contribution in [2.75, 3.05) is 18.4 Å². The van der Waals surface area contributed by atoms with Gasteiger partial charge in [-0.05, 0) is 61.4 Å². The summed E-state index contributed by atoms with van der Waals surface area (Å²) in [6, 6.07) is 14.2. The van der Waals surface area contributed by atoms with Crippen LogP contribution in [0.25, 0.3) is 22.8 Å². The second kappa shape index (κ2) is 9.72. The number of rotatable bonds is 6. The summed E-state index contributed by atoms with van der Waals surface area (Å²) in [4.78, 5) is 35.3. The number of nitrogens with zero attached hydrogens (tertiary/aromatic N) is 5. The predicted octanol–water partition coefficient (Wildman–Crippen LogP) is 3.67. The van der Waals surface area contributed by atoms with Crippen LogP contribution in [-0.4, -0.2) is 55.1 Å². The largest absolute Gasteiger partial charge is 0.339 e. The molecule has 176 valence electrons. The van der Waals surface area contributed by atoms with Crippen molar-refractivity contribution >= 4 is 17.5 Å². The molecule has 1 fully saturated rings. The van der Waals surface area contributed by atoms with E-state index in [0.29, 0.717) is 41.9 Å². The van der Waals surface area contributed by atoms with Crippen molar-refractivity contribution in [3.05, 3.63) is 79.0 Å². The molecular weight excluding hydrogens is 446 g/mol. The van der Waals surface area contributed by atoms with E-state index in [1.54, 1.807) is 47.5 Å². The van der Waals surface area contributed by atoms with Gasteiger partial charge in [0.15, 0.2) is 0 Å². The van der Waals surface area contributed by atoms with Crippen molar-refractivity contribution < 1.29 is 14.1 Å². The molecule has 5 rings (SSSR count).